The topological polar surface area (TPSA) is 96.0 Å². The number of amides is 1. The number of halogens is 1. The molecule has 0 saturated carbocycles. The number of nitro groups is 1. The second kappa shape index (κ2) is 8.60. The first-order chi connectivity index (χ1) is 12.4. The molecule has 0 unspecified atom stereocenters. The summed E-state index contributed by atoms with van der Waals surface area (Å²) in [4.78, 5) is 22.7. The van der Waals surface area contributed by atoms with Crippen molar-refractivity contribution in [3.63, 3.8) is 0 Å². The van der Waals surface area contributed by atoms with Crippen LogP contribution in [0.15, 0.2) is 60.2 Å². The zero-order valence-corrected chi connectivity index (χ0v) is 14.5. The minimum Gasteiger partial charge on any atom is -0.321 e. The summed E-state index contributed by atoms with van der Waals surface area (Å²) in [6.07, 6.45) is 4.19. The second-order valence-electron chi connectivity index (χ2n) is 5.28. The van der Waals surface area contributed by atoms with Gasteiger partial charge in [-0.1, -0.05) is 35.9 Å². The molecule has 1 N–H and O–H groups in total. The molecule has 0 radical (unpaired) electrons. The summed E-state index contributed by atoms with van der Waals surface area (Å²) >= 11 is 5.91. The van der Waals surface area contributed by atoms with E-state index in [1.165, 1.54) is 24.3 Å². The van der Waals surface area contributed by atoms with E-state index in [2.05, 4.69) is 5.32 Å². The molecule has 2 aromatic rings. The van der Waals surface area contributed by atoms with Crippen molar-refractivity contribution < 1.29 is 9.72 Å². The summed E-state index contributed by atoms with van der Waals surface area (Å²) in [5.41, 5.74) is 1.48. The van der Waals surface area contributed by atoms with Crippen LogP contribution in [0.4, 0.5) is 11.4 Å². The number of nitro benzene ring substituents is 1. The average Bonchev–Trinajstić information content (AvgIpc) is 2.62. The van der Waals surface area contributed by atoms with Crippen molar-refractivity contribution in [3.8, 4) is 6.07 Å². The number of hydrogen-bond acceptors (Lipinski definition) is 4. The van der Waals surface area contributed by atoms with Crippen LogP contribution in [0, 0.1) is 28.4 Å². The Bertz CT molecular complexity index is 959. The van der Waals surface area contributed by atoms with Gasteiger partial charge in [-0.3, -0.25) is 14.9 Å². The Labute approximate surface area is 155 Å². The number of nitrogens with one attached hydrogen (secondary N) is 1. The monoisotopic (exact) mass is 367 g/mol. The molecule has 2 aromatic carbocycles. The number of carbonyl (C=O) groups excluding carboxylic acids is 1. The van der Waals surface area contributed by atoms with E-state index in [9.17, 15) is 20.2 Å². The van der Waals surface area contributed by atoms with E-state index in [-0.39, 0.29) is 11.3 Å². The van der Waals surface area contributed by atoms with Crippen LogP contribution < -0.4 is 5.32 Å². The number of nitriles is 1. The number of carbonyl (C=O) groups is 1. The Hall–Kier alpha value is -3.43. The molecule has 6 nitrogen and oxygen atoms in total. The van der Waals surface area contributed by atoms with Gasteiger partial charge in [0.2, 0.25) is 0 Å². The highest BCUT2D eigenvalue weighted by molar-refractivity contribution is 6.31. The highest BCUT2D eigenvalue weighted by Gasteiger charge is 2.11. The fourth-order valence-electron chi connectivity index (χ4n) is 2.13. The van der Waals surface area contributed by atoms with Crippen LogP contribution in [0.2, 0.25) is 5.02 Å². The summed E-state index contributed by atoms with van der Waals surface area (Å²) in [7, 11) is 0. The predicted octanol–water partition coefficient (Wildman–Crippen LogP) is 4.66. The molecule has 0 aliphatic rings. The average molecular weight is 368 g/mol. The van der Waals surface area contributed by atoms with Crippen LogP contribution in [0.25, 0.3) is 6.08 Å². The Morgan fingerprint density at radius 3 is 2.73 bits per heavy atom. The minimum absolute atomic E-state index is 0.0605. The van der Waals surface area contributed by atoms with Gasteiger partial charge in [-0.2, -0.15) is 5.26 Å². The molecule has 0 heterocycles. The largest absolute Gasteiger partial charge is 0.321 e. The van der Waals surface area contributed by atoms with Gasteiger partial charge in [0.15, 0.2) is 0 Å². The molecule has 0 aliphatic heterocycles. The lowest BCUT2D eigenvalue weighted by Crippen LogP contribution is -2.14. The molecule has 2 rings (SSSR count). The summed E-state index contributed by atoms with van der Waals surface area (Å²) in [6, 6.07) is 13.0. The maximum atomic E-state index is 12.2. The molecular formula is C19H14ClN3O3. The molecule has 0 bridgehead atoms. The molecule has 0 fully saturated rings. The van der Waals surface area contributed by atoms with Crippen LogP contribution in [-0.2, 0) is 4.79 Å². The third kappa shape index (κ3) is 4.79. The van der Waals surface area contributed by atoms with Crippen molar-refractivity contribution in [1.29, 1.82) is 5.26 Å². The number of nitrogens with zero attached hydrogens (tertiary/aromatic N) is 2. The van der Waals surface area contributed by atoms with E-state index in [1.807, 2.05) is 6.07 Å². The van der Waals surface area contributed by atoms with Crippen molar-refractivity contribution in [2.45, 2.75) is 6.92 Å². The number of benzene rings is 2. The number of anilines is 1. The van der Waals surface area contributed by atoms with Crippen molar-refractivity contribution in [2.24, 2.45) is 0 Å². The lowest BCUT2D eigenvalue weighted by Gasteiger charge is -2.07. The summed E-state index contributed by atoms with van der Waals surface area (Å²) in [6.45, 7) is 1.80. The summed E-state index contributed by atoms with van der Waals surface area (Å²) in [5.74, 6) is -0.593. The van der Waals surface area contributed by atoms with Crippen molar-refractivity contribution >= 4 is 35.0 Å². The van der Waals surface area contributed by atoms with E-state index in [0.29, 0.717) is 16.3 Å². The van der Waals surface area contributed by atoms with Gasteiger partial charge >= 0.3 is 0 Å². The number of allylic oxidation sites excluding steroid dienone is 2. The molecular weight excluding hydrogens is 354 g/mol. The third-order valence-corrected chi connectivity index (χ3v) is 3.72. The van der Waals surface area contributed by atoms with Crippen LogP contribution in [0.1, 0.15) is 11.1 Å². The van der Waals surface area contributed by atoms with Gasteiger partial charge in [0.25, 0.3) is 11.6 Å². The zero-order valence-electron chi connectivity index (χ0n) is 13.8. The summed E-state index contributed by atoms with van der Waals surface area (Å²) < 4.78 is 0. The number of para-hydroxylation sites is 1. The van der Waals surface area contributed by atoms with E-state index in [0.717, 1.165) is 5.56 Å². The van der Waals surface area contributed by atoms with Gasteiger partial charge in [0.1, 0.15) is 11.6 Å². The molecule has 130 valence electrons. The minimum atomic E-state index is -0.593. The second-order valence-corrected chi connectivity index (χ2v) is 5.72. The first kappa shape index (κ1) is 18.9. The van der Waals surface area contributed by atoms with Crippen molar-refractivity contribution in [1.82, 2.24) is 0 Å². The highest BCUT2D eigenvalue weighted by Crippen LogP contribution is 2.21. The standard InChI is InChI=1S/C19H14ClN3O3/c1-13-9-10-16(20)11-17(13)22-19(24)15(12-21)7-4-6-14-5-2-3-8-18(14)23(25)26/h2-11H,1H3,(H,22,24)/b6-4+,15-7+. The first-order valence-corrected chi connectivity index (χ1v) is 7.89. The molecule has 0 spiro atoms. The fourth-order valence-corrected chi connectivity index (χ4v) is 2.30. The lowest BCUT2D eigenvalue weighted by molar-refractivity contribution is -0.385. The number of hydrogen-bond donors (Lipinski definition) is 1. The maximum absolute atomic E-state index is 12.2. The number of aryl methyl sites for hydroxylation is 1. The Balaban J connectivity index is 2.20. The van der Waals surface area contributed by atoms with Crippen LogP contribution in [-0.4, -0.2) is 10.8 Å². The van der Waals surface area contributed by atoms with E-state index >= 15 is 0 Å². The van der Waals surface area contributed by atoms with Crippen LogP contribution in [0.5, 0.6) is 0 Å². The first-order valence-electron chi connectivity index (χ1n) is 7.51. The Kier molecular flexibility index (Phi) is 6.25. The number of rotatable bonds is 5. The molecule has 0 aromatic heterocycles. The lowest BCUT2D eigenvalue weighted by atomic mass is 10.1. The van der Waals surface area contributed by atoms with Gasteiger partial charge in [0, 0.05) is 16.8 Å². The molecule has 26 heavy (non-hydrogen) atoms. The van der Waals surface area contributed by atoms with Gasteiger partial charge in [-0.25, -0.2) is 0 Å². The van der Waals surface area contributed by atoms with Crippen LogP contribution >= 0.6 is 11.6 Å². The van der Waals surface area contributed by atoms with E-state index in [4.69, 9.17) is 11.6 Å². The predicted molar refractivity (Wildman–Crippen MR) is 101 cm³/mol. The highest BCUT2D eigenvalue weighted by atomic mass is 35.5. The van der Waals surface area contributed by atoms with Gasteiger partial charge in [-0.05, 0) is 42.8 Å². The molecule has 0 saturated heterocycles. The smallest absolute Gasteiger partial charge is 0.276 e. The van der Waals surface area contributed by atoms with Crippen molar-refractivity contribution in [3.05, 3.63) is 86.5 Å². The maximum Gasteiger partial charge on any atom is 0.276 e. The Morgan fingerprint density at radius 1 is 1.31 bits per heavy atom. The SMILES string of the molecule is Cc1ccc(Cl)cc1NC(=O)/C(C#N)=C/C=C/c1ccccc1[N+](=O)[O-]. The molecule has 0 aliphatic carbocycles. The molecule has 1 amide bonds. The normalized spacial score (nSPS) is 11.2. The molecule has 0 atom stereocenters. The van der Waals surface area contributed by atoms with Gasteiger partial charge < -0.3 is 5.32 Å². The zero-order chi connectivity index (χ0) is 19.1. The van der Waals surface area contributed by atoms with Crippen molar-refractivity contribution in [2.75, 3.05) is 5.32 Å². The van der Waals surface area contributed by atoms with E-state index in [1.54, 1.807) is 43.3 Å². The van der Waals surface area contributed by atoms with E-state index < -0.39 is 10.8 Å². The van der Waals surface area contributed by atoms with Crippen LogP contribution in [0.3, 0.4) is 0 Å². The fraction of sp³-hybridized carbons (Fsp3) is 0.0526. The third-order valence-electron chi connectivity index (χ3n) is 3.49. The molecule has 7 heteroatoms. The van der Waals surface area contributed by atoms with Gasteiger partial charge in [0.05, 0.1) is 10.5 Å². The van der Waals surface area contributed by atoms with Gasteiger partial charge in [-0.15, -0.1) is 0 Å². The summed E-state index contributed by atoms with van der Waals surface area (Å²) in [5, 5.41) is 23.3. The Morgan fingerprint density at radius 2 is 2.04 bits per heavy atom. The quantitative estimate of drug-likeness (QED) is 0.273.